The van der Waals surface area contributed by atoms with Crippen molar-refractivity contribution >= 4 is 21.6 Å². The van der Waals surface area contributed by atoms with E-state index in [4.69, 9.17) is 4.74 Å². The molecule has 0 bridgehead atoms. The summed E-state index contributed by atoms with van der Waals surface area (Å²) < 4.78 is 84.9. The van der Waals surface area contributed by atoms with E-state index in [-0.39, 0.29) is 17.1 Å². The van der Waals surface area contributed by atoms with Crippen LogP contribution in [0, 0.1) is 5.82 Å². The number of anilines is 1. The molecule has 0 aliphatic rings. The molecule has 0 fully saturated rings. The number of carbonyl (C=O) groups is 1. The maximum Gasteiger partial charge on any atom is 0.419 e. The molecular weight excluding hydrogens is 476 g/mol. The van der Waals surface area contributed by atoms with Crippen molar-refractivity contribution in [2.24, 2.45) is 0 Å². The van der Waals surface area contributed by atoms with Crippen LogP contribution in [0.2, 0.25) is 0 Å². The molecule has 0 aliphatic heterocycles. The van der Waals surface area contributed by atoms with E-state index in [2.05, 4.69) is 5.32 Å². The van der Waals surface area contributed by atoms with Gasteiger partial charge in [0.05, 0.1) is 24.1 Å². The Bertz CT molecular complexity index is 1250. The third-order valence-electron chi connectivity index (χ3n) is 4.77. The topological polar surface area (TPSA) is 75.7 Å². The van der Waals surface area contributed by atoms with E-state index in [0.29, 0.717) is 23.4 Å². The molecule has 6 nitrogen and oxygen atoms in total. The van der Waals surface area contributed by atoms with Gasteiger partial charge in [0, 0.05) is 12.2 Å². The number of hydrogen-bond donors (Lipinski definition) is 1. The number of benzene rings is 3. The Kier molecular flexibility index (Phi) is 7.57. The van der Waals surface area contributed by atoms with Gasteiger partial charge >= 0.3 is 6.18 Å². The Morgan fingerprint density at radius 2 is 1.65 bits per heavy atom. The average molecular weight is 496 g/mol. The van der Waals surface area contributed by atoms with Crippen LogP contribution in [0.5, 0.6) is 5.75 Å². The molecule has 0 spiro atoms. The molecule has 11 heteroatoms. The highest BCUT2D eigenvalue weighted by atomic mass is 32.2. The zero-order chi connectivity index (χ0) is 24.9. The third kappa shape index (κ3) is 6.12. The van der Waals surface area contributed by atoms with Crippen molar-refractivity contribution in [3.05, 3.63) is 89.7 Å². The highest BCUT2D eigenvalue weighted by Crippen LogP contribution is 2.33. The molecule has 1 N–H and O–H groups in total. The van der Waals surface area contributed by atoms with Gasteiger partial charge in [0.25, 0.3) is 0 Å². The number of amides is 1. The van der Waals surface area contributed by atoms with Gasteiger partial charge in [-0.3, -0.25) is 4.79 Å². The second-order valence-electron chi connectivity index (χ2n) is 7.17. The van der Waals surface area contributed by atoms with Crippen LogP contribution in [0.25, 0.3) is 0 Å². The molecule has 3 aromatic carbocycles. The summed E-state index contributed by atoms with van der Waals surface area (Å²) in [5.41, 5.74) is -1.27. The van der Waals surface area contributed by atoms with Crippen LogP contribution in [0.1, 0.15) is 11.1 Å². The summed E-state index contributed by atoms with van der Waals surface area (Å²) in [6.45, 7) is -0.859. The predicted molar refractivity (Wildman–Crippen MR) is 117 cm³/mol. The Balaban J connectivity index is 1.87. The largest absolute Gasteiger partial charge is 0.497 e. The number of halogens is 4. The van der Waals surface area contributed by atoms with Crippen LogP contribution >= 0.6 is 0 Å². The Labute approximate surface area is 193 Å². The number of carbonyl (C=O) groups excluding carboxylic acids is 1. The lowest BCUT2D eigenvalue weighted by molar-refractivity contribution is -0.140. The average Bonchev–Trinajstić information content (AvgIpc) is 2.80. The van der Waals surface area contributed by atoms with Crippen molar-refractivity contribution in [2.75, 3.05) is 19.0 Å². The lowest BCUT2D eigenvalue weighted by atomic mass is 10.2. The first-order valence-electron chi connectivity index (χ1n) is 9.85. The van der Waals surface area contributed by atoms with E-state index >= 15 is 0 Å². The number of nitrogens with zero attached hydrogens (tertiary/aromatic N) is 1. The number of hydrogen-bond acceptors (Lipinski definition) is 4. The van der Waals surface area contributed by atoms with Crippen molar-refractivity contribution in [3.8, 4) is 5.75 Å². The molecule has 0 radical (unpaired) electrons. The summed E-state index contributed by atoms with van der Waals surface area (Å²) in [7, 11) is -2.75. The smallest absolute Gasteiger partial charge is 0.419 e. The summed E-state index contributed by atoms with van der Waals surface area (Å²) in [6.07, 6.45) is -4.96. The lowest BCUT2D eigenvalue weighted by Crippen LogP contribution is -2.37. The molecular formula is C23H20F4N2O4S. The molecule has 34 heavy (non-hydrogen) atoms. The minimum Gasteiger partial charge on any atom is -0.497 e. The van der Waals surface area contributed by atoms with E-state index < -0.39 is 40.0 Å². The van der Waals surface area contributed by atoms with Crippen molar-refractivity contribution in [1.29, 1.82) is 0 Å². The second kappa shape index (κ2) is 10.2. The van der Waals surface area contributed by atoms with E-state index in [1.54, 1.807) is 30.3 Å². The number of methoxy groups -OCH3 is 1. The first-order valence-corrected chi connectivity index (χ1v) is 11.3. The maximum atomic E-state index is 13.5. The Morgan fingerprint density at radius 1 is 1.00 bits per heavy atom. The monoisotopic (exact) mass is 496 g/mol. The molecule has 0 atom stereocenters. The SMILES string of the molecule is COc1ccc(S(=O)(=O)N(CC(=O)Nc2ccc(F)c(C(F)(F)F)c2)Cc2ccccc2)cc1. The fraction of sp³-hybridized carbons (Fsp3) is 0.174. The van der Waals surface area contributed by atoms with Crippen molar-refractivity contribution < 1.29 is 35.5 Å². The second-order valence-corrected chi connectivity index (χ2v) is 9.11. The number of alkyl halides is 3. The van der Waals surface area contributed by atoms with Gasteiger partial charge in [-0.2, -0.15) is 17.5 Å². The van der Waals surface area contributed by atoms with Gasteiger partial charge < -0.3 is 10.1 Å². The minimum atomic E-state index is -4.96. The van der Waals surface area contributed by atoms with Crippen molar-refractivity contribution in [1.82, 2.24) is 4.31 Å². The summed E-state index contributed by atoms with van der Waals surface area (Å²) in [5, 5.41) is 2.21. The van der Waals surface area contributed by atoms with E-state index in [1.165, 1.54) is 31.4 Å². The number of nitrogens with one attached hydrogen (secondary N) is 1. The first-order chi connectivity index (χ1) is 16.0. The molecule has 0 aromatic heterocycles. The van der Waals surface area contributed by atoms with Crippen LogP contribution in [-0.2, 0) is 27.5 Å². The van der Waals surface area contributed by atoms with Crippen molar-refractivity contribution in [3.63, 3.8) is 0 Å². The number of ether oxygens (including phenoxy) is 1. The number of sulfonamides is 1. The molecule has 3 rings (SSSR count). The first kappa shape index (κ1) is 25.2. The molecule has 0 unspecified atom stereocenters. The normalized spacial score (nSPS) is 11.9. The van der Waals surface area contributed by atoms with E-state index in [0.717, 1.165) is 10.4 Å². The van der Waals surface area contributed by atoms with Gasteiger partial charge in [-0.05, 0) is 48.0 Å². The molecule has 0 saturated carbocycles. The highest BCUT2D eigenvalue weighted by Gasteiger charge is 2.34. The third-order valence-corrected chi connectivity index (χ3v) is 6.58. The molecule has 1 amide bonds. The van der Waals surface area contributed by atoms with Crippen LogP contribution < -0.4 is 10.1 Å². The fourth-order valence-corrected chi connectivity index (χ4v) is 4.48. The molecule has 3 aromatic rings. The lowest BCUT2D eigenvalue weighted by Gasteiger charge is -2.22. The summed E-state index contributed by atoms with van der Waals surface area (Å²) in [6, 6.07) is 16.0. The van der Waals surface area contributed by atoms with Crippen LogP contribution in [-0.4, -0.2) is 32.3 Å². The van der Waals surface area contributed by atoms with Gasteiger partial charge in [-0.1, -0.05) is 30.3 Å². The van der Waals surface area contributed by atoms with Gasteiger partial charge in [0.15, 0.2) is 0 Å². The van der Waals surface area contributed by atoms with Gasteiger partial charge in [0.2, 0.25) is 15.9 Å². The highest BCUT2D eigenvalue weighted by molar-refractivity contribution is 7.89. The number of rotatable bonds is 8. The quantitative estimate of drug-likeness (QED) is 0.460. The van der Waals surface area contributed by atoms with Crippen LogP contribution in [0.4, 0.5) is 23.2 Å². The summed E-state index contributed by atoms with van der Waals surface area (Å²) >= 11 is 0. The van der Waals surface area contributed by atoms with E-state index in [1.807, 2.05) is 0 Å². The molecule has 0 aliphatic carbocycles. The summed E-state index contributed by atoms with van der Waals surface area (Å²) in [5.74, 6) is -1.95. The van der Waals surface area contributed by atoms with Crippen LogP contribution in [0.3, 0.4) is 0 Å². The van der Waals surface area contributed by atoms with Gasteiger partial charge in [0.1, 0.15) is 11.6 Å². The minimum absolute atomic E-state index is 0.0989. The standard InChI is InChI=1S/C23H20F4N2O4S/c1-33-18-8-10-19(11-9-18)34(31,32)29(14-16-5-3-2-4-6-16)15-22(30)28-17-7-12-21(24)20(13-17)23(25,26)27/h2-13H,14-15H2,1H3,(H,28,30). The molecule has 0 heterocycles. The Morgan fingerprint density at radius 3 is 2.24 bits per heavy atom. The fourth-order valence-electron chi connectivity index (χ4n) is 3.09. The maximum absolute atomic E-state index is 13.5. The van der Waals surface area contributed by atoms with Crippen LogP contribution in [0.15, 0.2) is 77.7 Å². The van der Waals surface area contributed by atoms with Gasteiger partial charge in [-0.25, -0.2) is 12.8 Å². The van der Waals surface area contributed by atoms with Gasteiger partial charge in [-0.15, -0.1) is 0 Å². The Hall–Kier alpha value is -3.44. The summed E-state index contributed by atoms with van der Waals surface area (Å²) in [4.78, 5) is 12.5. The predicted octanol–water partition coefficient (Wildman–Crippen LogP) is 4.68. The van der Waals surface area contributed by atoms with E-state index in [9.17, 15) is 30.8 Å². The zero-order valence-electron chi connectivity index (χ0n) is 17.8. The van der Waals surface area contributed by atoms with Crippen molar-refractivity contribution in [2.45, 2.75) is 17.6 Å². The molecule has 0 saturated heterocycles. The zero-order valence-corrected chi connectivity index (χ0v) is 18.7. The molecule has 180 valence electrons.